The van der Waals surface area contributed by atoms with Crippen LogP contribution in [-0.4, -0.2) is 41.3 Å². The van der Waals surface area contributed by atoms with Crippen molar-refractivity contribution in [3.05, 3.63) is 54.1 Å². The van der Waals surface area contributed by atoms with Gasteiger partial charge in [0.1, 0.15) is 24.5 Å². The van der Waals surface area contributed by atoms with E-state index in [0.717, 1.165) is 6.08 Å². The number of hydrogen-bond donors (Lipinski definition) is 2. The first-order chi connectivity index (χ1) is 11.5. The van der Waals surface area contributed by atoms with Crippen LogP contribution in [0.15, 0.2) is 43.0 Å². The highest BCUT2D eigenvalue weighted by atomic mass is 16.6. The third-order valence-corrected chi connectivity index (χ3v) is 3.18. The number of aromatic hydroxyl groups is 1. The first-order valence-electron chi connectivity index (χ1n) is 6.90. The monoisotopic (exact) mass is 330 g/mol. The quantitative estimate of drug-likeness (QED) is 0.474. The summed E-state index contributed by atoms with van der Waals surface area (Å²) in [7, 11) is 0. The minimum absolute atomic E-state index is 0.196. The maximum absolute atomic E-state index is 12.1. The normalized spacial score (nSPS) is 10.2. The van der Waals surface area contributed by atoms with Gasteiger partial charge in [0.25, 0.3) is 0 Å². The van der Waals surface area contributed by atoms with Gasteiger partial charge >= 0.3 is 17.9 Å². The molecule has 2 aromatic rings. The largest absolute Gasteiger partial charge is 0.506 e. The molecule has 0 aliphatic carbocycles. The van der Waals surface area contributed by atoms with Crippen LogP contribution < -0.4 is 0 Å². The van der Waals surface area contributed by atoms with E-state index in [-0.39, 0.29) is 18.8 Å². The molecule has 2 N–H and O–H groups in total. The summed E-state index contributed by atoms with van der Waals surface area (Å²) < 4.78 is 9.54. The molecule has 2 rings (SSSR count). The molecule has 0 aliphatic heterocycles. The van der Waals surface area contributed by atoms with Crippen LogP contribution in [0.5, 0.6) is 5.75 Å². The van der Waals surface area contributed by atoms with Crippen LogP contribution in [0.3, 0.4) is 0 Å². The molecule has 0 atom stereocenters. The number of carbonyl (C=O) groups is 3. The number of esters is 2. The molecule has 0 saturated carbocycles. The molecule has 0 radical (unpaired) electrons. The molecule has 124 valence electrons. The summed E-state index contributed by atoms with van der Waals surface area (Å²) in [6.45, 7) is 2.76. The van der Waals surface area contributed by atoms with E-state index in [0.29, 0.717) is 10.8 Å². The highest BCUT2D eigenvalue weighted by Crippen LogP contribution is 2.32. The van der Waals surface area contributed by atoms with Gasteiger partial charge in [0, 0.05) is 11.5 Å². The summed E-state index contributed by atoms with van der Waals surface area (Å²) in [5.41, 5.74) is -0.824. The van der Waals surface area contributed by atoms with E-state index in [1.54, 1.807) is 24.3 Å². The second kappa shape index (κ2) is 7.28. The van der Waals surface area contributed by atoms with E-state index in [9.17, 15) is 24.6 Å². The Hall–Kier alpha value is -3.35. The standard InChI is InChI=1S/C17H14O7/c1-2-13(18)23-7-8-24-17(22)12-9-10-5-3-4-6-11(10)15(19)14(12)16(20)21/h2-6,9,19H,1,7-8H2,(H,20,21). The van der Waals surface area contributed by atoms with Gasteiger partial charge < -0.3 is 19.7 Å². The van der Waals surface area contributed by atoms with E-state index in [1.165, 1.54) is 6.07 Å². The minimum Gasteiger partial charge on any atom is -0.506 e. The number of rotatable bonds is 6. The molecule has 0 bridgehead atoms. The Labute approximate surface area is 136 Å². The Bertz CT molecular complexity index is 823. The molecule has 7 nitrogen and oxygen atoms in total. The van der Waals surface area contributed by atoms with E-state index in [2.05, 4.69) is 11.3 Å². The summed E-state index contributed by atoms with van der Waals surface area (Å²) in [4.78, 5) is 34.4. The van der Waals surface area contributed by atoms with Gasteiger partial charge in [-0.15, -0.1) is 0 Å². The van der Waals surface area contributed by atoms with Crippen molar-refractivity contribution < 1.29 is 34.1 Å². The molecule has 24 heavy (non-hydrogen) atoms. The van der Waals surface area contributed by atoms with Crippen LogP contribution in [-0.2, 0) is 14.3 Å². The van der Waals surface area contributed by atoms with Gasteiger partial charge in [0.05, 0.1) is 5.56 Å². The zero-order valence-electron chi connectivity index (χ0n) is 12.5. The molecule has 2 aromatic carbocycles. The van der Waals surface area contributed by atoms with Crippen molar-refractivity contribution in [1.29, 1.82) is 0 Å². The fourth-order valence-electron chi connectivity index (χ4n) is 2.12. The molecule has 0 saturated heterocycles. The predicted octanol–water partition coefficient (Wildman–Crippen LogP) is 2.13. The summed E-state index contributed by atoms with van der Waals surface area (Å²) in [5.74, 6) is -3.57. The second-order valence-corrected chi connectivity index (χ2v) is 4.68. The Balaban J connectivity index is 2.28. The first kappa shape index (κ1) is 17.0. The molecule has 0 amide bonds. The number of phenols is 1. The molecule has 0 spiro atoms. The van der Waals surface area contributed by atoms with E-state index in [1.807, 2.05) is 0 Å². The number of carboxylic acids is 1. The van der Waals surface area contributed by atoms with Gasteiger partial charge in [-0.1, -0.05) is 30.8 Å². The fourth-order valence-corrected chi connectivity index (χ4v) is 2.12. The maximum Gasteiger partial charge on any atom is 0.340 e. The minimum atomic E-state index is -1.46. The van der Waals surface area contributed by atoms with E-state index < -0.39 is 29.2 Å². The first-order valence-corrected chi connectivity index (χ1v) is 6.90. The number of benzene rings is 2. The molecule has 0 aliphatic rings. The van der Waals surface area contributed by atoms with Crippen LogP contribution in [0.4, 0.5) is 0 Å². The number of aromatic carboxylic acids is 1. The molecular formula is C17H14O7. The average Bonchev–Trinajstić information content (AvgIpc) is 2.57. The van der Waals surface area contributed by atoms with Crippen molar-refractivity contribution in [3.63, 3.8) is 0 Å². The summed E-state index contributed by atoms with van der Waals surface area (Å²) in [6.07, 6.45) is 0.964. The van der Waals surface area contributed by atoms with Crippen molar-refractivity contribution in [2.75, 3.05) is 13.2 Å². The average molecular weight is 330 g/mol. The van der Waals surface area contributed by atoms with Gasteiger partial charge in [-0.05, 0) is 11.5 Å². The van der Waals surface area contributed by atoms with E-state index >= 15 is 0 Å². The fraction of sp³-hybridized carbons (Fsp3) is 0.118. The lowest BCUT2D eigenvalue weighted by Crippen LogP contribution is -2.16. The van der Waals surface area contributed by atoms with Crippen molar-refractivity contribution in [2.24, 2.45) is 0 Å². The Kier molecular flexibility index (Phi) is 5.16. The second-order valence-electron chi connectivity index (χ2n) is 4.68. The lowest BCUT2D eigenvalue weighted by atomic mass is 9.99. The van der Waals surface area contributed by atoms with Gasteiger partial charge in [0.2, 0.25) is 0 Å². The van der Waals surface area contributed by atoms with E-state index in [4.69, 9.17) is 4.74 Å². The Morgan fingerprint density at radius 3 is 2.46 bits per heavy atom. The van der Waals surface area contributed by atoms with Crippen LogP contribution in [0.1, 0.15) is 20.7 Å². The van der Waals surface area contributed by atoms with Crippen molar-refractivity contribution >= 4 is 28.7 Å². The number of carbonyl (C=O) groups excluding carboxylic acids is 2. The smallest absolute Gasteiger partial charge is 0.340 e. The topological polar surface area (TPSA) is 110 Å². The highest BCUT2D eigenvalue weighted by Gasteiger charge is 2.24. The zero-order valence-corrected chi connectivity index (χ0v) is 12.5. The molecule has 0 fully saturated rings. The number of fused-ring (bicyclic) bond motifs is 1. The SMILES string of the molecule is C=CC(=O)OCCOC(=O)c1cc2ccccc2c(O)c1C(=O)O. The summed E-state index contributed by atoms with van der Waals surface area (Å²) in [5, 5.41) is 20.2. The van der Waals surface area contributed by atoms with Crippen LogP contribution in [0, 0.1) is 0 Å². The zero-order chi connectivity index (χ0) is 17.7. The van der Waals surface area contributed by atoms with Gasteiger partial charge in [-0.3, -0.25) is 0 Å². The highest BCUT2D eigenvalue weighted by molar-refractivity contribution is 6.10. The lowest BCUT2D eigenvalue weighted by molar-refractivity contribution is -0.138. The molecule has 0 heterocycles. The lowest BCUT2D eigenvalue weighted by Gasteiger charge is -2.11. The number of hydrogen-bond acceptors (Lipinski definition) is 6. The van der Waals surface area contributed by atoms with Crippen molar-refractivity contribution in [1.82, 2.24) is 0 Å². The number of carboxylic acid groups (broad SMARTS) is 1. The summed E-state index contributed by atoms with van der Waals surface area (Å²) >= 11 is 0. The van der Waals surface area contributed by atoms with Crippen molar-refractivity contribution in [3.8, 4) is 5.75 Å². The third-order valence-electron chi connectivity index (χ3n) is 3.18. The summed E-state index contributed by atoms with van der Waals surface area (Å²) in [6, 6.07) is 7.83. The molecule has 7 heteroatoms. The van der Waals surface area contributed by atoms with Crippen LogP contribution >= 0.6 is 0 Å². The maximum atomic E-state index is 12.1. The van der Waals surface area contributed by atoms with Crippen molar-refractivity contribution in [2.45, 2.75) is 0 Å². The third kappa shape index (κ3) is 3.52. The van der Waals surface area contributed by atoms with Gasteiger partial charge in [-0.2, -0.15) is 0 Å². The van der Waals surface area contributed by atoms with Crippen LogP contribution in [0.2, 0.25) is 0 Å². The molecule has 0 aromatic heterocycles. The number of ether oxygens (including phenoxy) is 2. The predicted molar refractivity (Wildman–Crippen MR) is 84.0 cm³/mol. The molecule has 0 unspecified atom stereocenters. The Morgan fingerprint density at radius 1 is 1.12 bits per heavy atom. The molecular weight excluding hydrogens is 316 g/mol. The Morgan fingerprint density at radius 2 is 1.79 bits per heavy atom. The van der Waals surface area contributed by atoms with Gasteiger partial charge in [-0.25, -0.2) is 14.4 Å². The van der Waals surface area contributed by atoms with Gasteiger partial charge in [0.15, 0.2) is 0 Å². The van der Waals surface area contributed by atoms with Crippen LogP contribution in [0.25, 0.3) is 10.8 Å².